The van der Waals surface area contributed by atoms with Gasteiger partial charge < -0.3 is 19.9 Å². The van der Waals surface area contributed by atoms with Crippen LogP contribution in [0.4, 0.5) is 0 Å². The molecule has 2 N–H and O–H groups in total. The number of rotatable bonds is 9. The molecule has 1 atom stereocenters. The van der Waals surface area contributed by atoms with E-state index < -0.39 is 6.04 Å². The van der Waals surface area contributed by atoms with E-state index in [1.54, 1.807) is 14.2 Å². The van der Waals surface area contributed by atoms with Crippen LogP contribution in [0.25, 0.3) is 0 Å². The fourth-order valence-electron chi connectivity index (χ4n) is 2.71. The highest BCUT2D eigenvalue weighted by Crippen LogP contribution is 2.16. The van der Waals surface area contributed by atoms with Gasteiger partial charge in [0, 0.05) is 20.6 Å². The fourth-order valence-corrected chi connectivity index (χ4v) is 2.71. The molecule has 0 radical (unpaired) electrons. The summed E-state index contributed by atoms with van der Waals surface area (Å²) in [6.07, 6.45) is 0.455. The van der Waals surface area contributed by atoms with Crippen molar-refractivity contribution >= 4 is 5.91 Å². The Morgan fingerprint density at radius 2 is 1.60 bits per heavy atom. The first-order valence-electron chi connectivity index (χ1n) is 8.25. The zero-order chi connectivity index (χ0) is 18.1. The minimum absolute atomic E-state index is 0.137. The molecule has 0 bridgehead atoms. The molecule has 0 aromatic heterocycles. The van der Waals surface area contributed by atoms with E-state index in [-0.39, 0.29) is 25.2 Å². The van der Waals surface area contributed by atoms with Gasteiger partial charge in [0.1, 0.15) is 0 Å². The predicted molar refractivity (Wildman–Crippen MR) is 96.1 cm³/mol. The van der Waals surface area contributed by atoms with Gasteiger partial charge in [-0.2, -0.15) is 0 Å². The van der Waals surface area contributed by atoms with Crippen molar-refractivity contribution in [3.8, 4) is 0 Å². The Morgan fingerprint density at radius 3 is 2.20 bits per heavy atom. The molecule has 0 aliphatic rings. The van der Waals surface area contributed by atoms with E-state index in [9.17, 15) is 9.90 Å². The molecule has 2 aromatic rings. The zero-order valence-electron chi connectivity index (χ0n) is 14.6. The molecule has 0 fully saturated rings. The average molecular weight is 343 g/mol. The summed E-state index contributed by atoms with van der Waals surface area (Å²) in [5, 5.41) is 12.5. The van der Waals surface area contributed by atoms with E-state index in [0.29, 0.717) is 6.42 Å². The monoisotopic (exact) mass is 343 g/mol. The molecule has 134 valence electrons. The maximum absolute atomic E-state index is 12.4. The standard InChI is InChI=1S/C20H25NO4/c1-24-20(25-2)13-17-11-7-6-10-16(17)12-19(23)21-18(14-22)15-8-4-3-5-9-15/h3-11,18,20,22H,12-14H2,1-2H3,(H,21,23)/t18-/m0/s1. The Labute approximate surface area is 148 Å². The summed E-state index contributed by atoms with van der Waals surface area (Å²) < 4.78 is 10.5. The van der Waals surface area contributed by atoms with Crippen molar-refractivity contribution in [2.75, 3.05) is 20.8 Å². The lowest BCUT2D eigenvalue weighted by Gasteiger charge is -2.18. The van der Waals surface area contributed by atoms with E-state index in [4.69, 9.17) is 9.47 Å². The highest BCUT2D eigenvalue weighted by molar-refractivity contribution is 5.79. The molecule has 2 rings (SSSR count). The predicted octanol–water partition coefficient (Wildman–Crippen LogP) is 2.24. The summed E-state index contributed by atoms with van der Waals surface area (Å²) in [4.78, 5) is 12.4. The number of hydrogen-bond acceptors (Lipinski definition) is 4. The molecule has 0 saturated heterocycles. The van der Waals surface area contributed by atoms with Crippen molar-refractivity contribution in [2.24, 2.45) is 0 Å². The SMILES string of the molecule is COC(Cc1ccccc1CC(=O)N[C@@H](CO)c1ccccc1)OC. The molecule has 0 unspecified atom stereocenters. The Kier molecular flexibility index (Phi) is 7.60. The van der Waals surface area contributed by atoms with Crippen molar-refractivity contribution in [1.29, 1.82) is 0 Å². The van der Waals surface area contributed by atoms with Gasteiger partial charge in [0.2, 0.25) is 5.91 Å². The van der Waals surface area contributed by atoms with Gasteiger partial charge >= 0.3 is 0 Å². The number of ether oxygens (including phenoxy) is 2. The minimum atomic E-state index is -0.411. The van der Waals surface area contributed by atoms with E-state index in [2.05, 4.69) is 5.32 Å². The molecule has 0 aliphatic carbocycles. The summed E-state index contributed by atoms with van der Waals surface area (Å²) in [7, 11) is 3.18. The fraction of sp³-hybridized carbons (Fsp3) is 0.350. The first-order valence-corrected chi connectivity index (χ1v) is 8.25. The molecular weight excluding hydrogens is 318 g/mol. The minimum Gasteiger partial charge on any atom is -0.394 e. The number of benzene rings is 2. The summed E-state index contributed by atoms with van der Waals surface area (Å²) >= 11 is 0. The highest BCUT2D eigenvalue weighted by atomic mass is 16.7. The second kappa shape index (κ2) is 9.93. The van der Waals surface area contributed by atoms with E-state index in [0.717, 1.165) is 16.7 Å². The Hall–Kier alpha value is -2.21. The quantitative estimate of drug-likeness (QED) is 0.685. The van der Waals surface area contributed by atoms with Crippen LogP contribution in [0, 0.1) is 0 Å². The van der Waals surface area contributed by atoms with Gasteiger partial charge in [-0.3, -0.25) is 4.79 Å². The maximum atomic E-state index is 12.4. The van der Waals surface area contributed by atoms with Gasteiger partial charge in [-0.05, 0) is 16.7 Å². The molecular formula is C20H25NO4. The molecule has 1 amide bonds. The molecule has 0 saturated carbocycles. The van der Waals surface area contributed by atoms with Gasteiger partial charge in [-0.25, -0.2) is 0 Å². The number of amides is 1. The zero-order valence-corrected chi connectivity index (χ0v) is 14.6. The number of nitrogens with one attached hydrogen (secondary N) is 1. The molecule has 25 heavy (non-hydrogen) atoms. The number of methoxy groups -OCH3 is 2. The Bertz CT molecular complexity index is 656. The normalized spacial score (nSPS) is 12.2. The molecule has 5 nitrogen and oxygen atoms in total. The van der Waals surface area contributed by atoms with Crippen molar-refractivity contribution in [1.82, 2.24) is 5.32 Å². The molecule has 2 aromatic carbocycles. The van der Waals surface area contributed by atoms with Gasteiger partial charge in [-0.15, -0.1) is 0 Å². The van der Waals surface area contributed by atoms with Crippen LogP contribution in [0.2, 0.25) is 0 Å². The van der Waals surface area contributed by atoms with E-state index >= 15 is 0 Å². The Morgan fingerprint density at radius 1 is 1.00 bits per heavy atom. The summed E-state index contributed by atoms with van der Waals surface area (Å²) in [6.45, 7) is -0.146. The Balaban J connectivity index is 2.05. The smallest absolute Gasteiger partial charge is 0.224 e. The lowest BCUT2D eigenvalue weighted by atomic mass is 10.0. The number of carbonyl (C=O) groups excluding carboxylic acids is 1. The van der Waals surface area contributed by atoms with Crippen LogP contribution in [-0.4, -0.2) is 38.1 Å². The topological polar surface area (TPSA) is 67.8 Å². The van der Waals surface area contributed by atoms with E-state index in [1.807, 2.05) is 54.6 Å². The number of aliphatic hydroxyl groups is 1. The highest BCUT2D eigenvalue weighted by Gasteiger charge is 2.16. The van der Waals surface area contributed by atoms with Crippen LogP contribution in [0.15, 0.2) is 54.6 Å². The number of carbonyl (C=O) groups is 1. The lowest BCUT2D eigenvalue weighted by Crippen LogP contribution is -2.32. The summed E-state index contributed by atoms with van der Waals surface area (Å²) in [6, 6.07) is 16.8. The molecule has 0 aliphatic heterocycles. The third kappa shape index (κ3) is 5.67. The largest absolute Gasteiger partial charge is 0.394 e. The van der Waals surface area contributed by atoms with Crippen LogP contribution < -0.4 is 5.32 Å². The van der Waals surface area contributed by atoms with Crippen LogP contribution >= 0.6 is 0 Å². The summed E-state index contributed by atoms with van der Waals surface area (Å²) in [5.74, 6) is -0.137. The molecule has 0 heterocycles. The van der Waals surface area contributed by atoms with Crippen LogP contribution in [0.1, 0.15) is 22.7 Å². The second-order valence-electron chi connectivity index (χ2n) is 5.76. The molecule has 5 heteroatoms. The third-order valence-electron chi connectivity index (χ3n) is 4.10. The average Bonchev–Trinajstić information content (AvgIpc) is 2.66. The molecule has 0 spiro atoms. The van der Waals surface area contributed by atoms with Gasteiger partial charge in [0.15, 0.2) is 6.29 Å². The van der Waals surface area contributed by atoms with Crippen molar-refractivity contribution in [2.45, 2.75) is 25.2 Å². The first kappa shape index (κ1) is 19.1. The third-order valence-corrected chi connectivity index (χ3v) is 4.10. The van der Waals surface area contributed by atoms with Gasteiger partial charge in [0.25, 0.3) is 0 Å². The first-order chi connectivity index (χ1) is 12.2. The summed E-state index contributed by atoms with van der Waals surface area (Å²) in [5.41, 5.74) is 2.81. The number of hydrogen-bond donors (Lipinski definition) is 2. The van der Waals surface area contributed by atoms with Crippen molar-refractivity contribution < 1.29 is 19.4 Å². The lowest BCUT2D eigenvalue weighted by molar-refractivity contribution is -0.121. The van der Waals surface area contributed by atoms with Crippen molar-refractivity contribution in [3.05, 3.63) is 71.3 Å². The maximum Gasteiger partial charge on any atom is 0.224 e. The van der Waals surface area contributed by atoms with Crippen LogP contribution in [-0.2, 0) is 27.1 Å². The van der Waals surface area contributed by atoms with Crippen LogP contribution in [0.5, 0.6) is 0 Å². The van der Waals surface area contributed by atoms with Crippen molar-refractivity contribution in [3.63, 3.8) is 0 Å². The van der Waals surface area contributed by atoms with Gasteiger partial charge in [-0.1, -0.05) is 54.6 Å². The second-order valence-corrected chi connectivity index (χ2v) is 5.76. The van der Waals surface area contributed by atoms with Crippen LogP contribution in [0.3, 0.4) is 0 Å². The number of aliphatic hydroxyl groups excluding tert-OH is 1. The van der Waals surface area contributed by atoms with E-state index in [1.165, 1.54) is 0 Å². The van der Waals surface area contributed by atoms with Gasteiger partial charge in [0.05, 0.1) is 19.1 Å².